The second-order valence-corrected chi connectivity index (χ2v) is 2.24. The van der Waals surface area contributed by atoms with Crippen LogP contribution in [0.1, 0.15) is 15.9 Å². The summed E-state index contributed by atoms with van der Waals surface area (Å²) < 4.78 is 3.99. The Kier molecular flexibility index (Phi) is 2.73. The van der Waals surface area contributed by atoms with Gasteiger partial charge in [-0.25, -0.2) is 4.79 Å². The number of hydrogen-bond donors (Lipinski definition) is 0. The van der Waals surface area contributed by atoms with Crippen molar-refractivity contribution in [3.05, 3.63) is 35.4 Å². The molecule has 0 aliphatic carbocycles. The lowest BCUT2D eigenvalue weighted by Gasteiger charge is -1.95. The minimum atomic E-state index is -0.583. The first-order valence-corrected chi connectivity index (χ1v) is 3.48. The molecule has 0 aliphatic heterocycles. The van der Waals surface area contributed by atoms with Crippen LogP contribution >= 0.6 is 11.9 Å². The summed E-state index contributed by atoms with van der Waals surface area (Å²) in [4.78, 5) is 10.8. The van der Waals surface area contributed by atoms with Gasteiger partial charge in [0.25, 0.3) is 0 Å². The Balaban J connectivity index is 2.94. The van der Waals surface area contributed by atoms with Crippen molar-refractivity contribution in [1.82, 2.24) is 0 Å². The maximum absolute atomic E-state index is 10.8. The number of carbonyl (C=O) groups excluding carboxylic acids is 1. The quantitative estimate of drug-likeness (QED) is 0.618. The number of halogens is 1. The van der Waals surface area contributed by atoms with Crippen molar-refractivity contribution in [3.63, 3.8) is 0 Å². The number of carbonyl (C=O) groups is 1. The van der Waals surface area contributed by atoms with E-state index in [-0.39, 0.29) is 0 Å². The second-order valence-electron chi connectivity index (χ2n) is 2.09. The van der Waals surface area contributed by atoms with E-state index >= 15 is 0 Å². The van der Waals surface area contributed by atoms with Gasteiger partial charge >= 0.3 is 5.97 Å². The molecule has 0 radical (unpaired) electrons. The summed E-state index contributed by atoms with van der Waals surface area (Å²) in [5.74, 6) is 1.84. The van der Waals surface area contributed by atoms with Gasteiger partial charge in [0.1, 0.15) is 11.9 Å². The van der Waals surface area contributed by atoms with Crippen LogP contribution in [0.25, 0.3) is 0 Å². The highest BCUT2D eigenvalue weighted by molar-refractivity contribution is 6.15. The van der Waals surface area contributed by atoms with Gasteiger partial charge in [0, 0.05) is 5.56 Å². The summed E-state index contributed by atoms with van der Waals surface area (Å²) in [6.07, 6.45) is 5.12. The van der Waals surface area contributed by atoms with Gasteiger partial charge in [-0.2, -0.15) is 0 Å². The van der Waals surface area contributed by atoms with Gasteiger partial charge < -0.3 is 4.29 Å². The topological polar surface area (TPSA) is 26.3 Å². The summed E-state index contributed by atoms with van der Waals surface area (Å²) in [7, 11) is 0. The molecule has 0 spiro atoms. The van der Waals surface area contributed by atoms with Crippen molar-refractivity contribution < 1.29 is 9.08 Å². The third-order valence-electron chi connectivity index (χ3n) is 1.36. The van der Waals surface area contributed by atoms with Crippen LogP contribution in [0.2, 0.25) is 0 Å². The Labute approximate surface area is 75.3 Å². The smallest absolute Gasteiger partial charge is 0.343 e. The minimum Gasteiger partial charge on any atom is -0.343 e. The second kappa shape index (κ2) is 3.80. The van der Waals surface area contributed by atoms with Crippen molar-refractivity contribution in [2.75, 3.05) is 0 Å². The predicted molar refractivity (Wildman–Crippen MR) is 45.6 cm³/mol. The number of hydrogen-bond acceptors (Lipinski definition) is 2. The summed E-state index contributed by atoms with van der Waals surface area (Å²) >= 11 is 4.87. The van der Waals surface area contributed by atoms with Crippen molar-refractivity contribution >= 4 is 17.8 Å². The van der Waals surface area contributed by atoms with Crippen LogP contribution in [0.3, 0.4) is 0 Å². The first-order chi connectivity index (χ1) is 5.77. The van der Waals surface area contributed by atoms with E-state index in [0.29, 0.717) is 11.1 Å². The maximum atomic E-state index is 10.8. The largest absolute Gasteiger partial charge is 0.356 e. The van der Waals surface area contributed by atoms with Crippen LogP contribution in [0.5, 0.6) is 0 Å². The lowest BCUT2D eigenvalue weighted by Crippen LogP contribution is -1.96. The number of terminal acetylenes is 1. The molecule has 60 valence electrons. The van der Waals surface area contributed by atoms with Crippen LogP contribution in [-0.4, -0.2) is 5.97 Å². The van der Waals surface area contributed by atoms with E-state index < -0.39 is 5.97 Å². The zero-order valence-electron chi connectivity index (χ0n) is 6.08. The van der Waals surface area contributed by atoms with Gasteiger partial charge in [0.15, 0.2) is 0 Å². The average molecular weight is 181 g/mol. The predicted octanol–water partition coefficient (Wildman–Crippen LogP) is 1.98. The third-order valence-corrected chi connectivity index (χ3v) is 1.50. The molecule has 0 aromatic heterocycles. The van der Waals surface area contributed by atoms with Gasteiger partial charge in [-0.05, 0) is 24.3 Å². The van der Waals surface area contributed by atoms with E-state index in [1.165, 1.54) is 0 Å². The molecule has 0 atom stereocenters. The summed E-state index contributed by atoms with van der Waals surface area (Å²) in [5.41, 5.74) is 1.09. The fraction of sp³-hybridized carbons (Fsp3) is 0. The summed E-state index contributed by atoms with van der Waals surface area (Å²) in [6, 6.07) is 6.39. The first-order valence-electron chi connectivity index (χ1n) is 3.17. The normalized spacial score (nSPS) is 8.67. The van der Waals surface area contributed by atoms with Gasteiger partial charge in [0.05, 0.1) is 5.56 Å². The van der Waals surface area contributed by atoms with E-state index in [9.17, 15) is 4.79 Å². The zero-order valence-corrected chi connectivity index (χ0v) is 6.84. The highest BCUT2D eigenvalue weighted by Gasteiger charge is 2.04. The Hall–Kier alpha value is -1.46. The molecule has 0 aliphatic rings. The molecule has 0 saturated heterocycles. The van der Waals surface area contributed by atoms with Gasteiger partial charge in [-0.1, -0.05) is 5.92 Å². The molecular weight excluding hydrogens is 176 g/mol. The maximum Gasteiger partial charge on any atom is 0.356 e. The Bertz CT molecular complexity index is 321. The lowest BCUT2D eigenvalue weighted by molar-refractivity contribution is 0.0751. The molecule has 1 aromatic rings. The molecule has 0 saturated carbocycles. The molecule has 0 unspecified atom stereocenters. The van der Waals surface area contributed by atoms with Crippen molar-refractivity contribution in [2.45, 2.75) is 0 Å². The monoisotopic (exact) mass is 180 g/mol. The highest BCUT2D eigenvalue weighted by Crippen LogP contribution is 2.05. The molecule has 0 fully saturated rings. The Morgan fingerprint density at radius 1 is 1.42 bits per heavy atom. The van der Waals surface area contributed by atoms with Crippen LogP contribution in [0.15, 0.2) is 24.3 Å². The van der Waals surface area contributed by atoms with Crippen LogP contribution < -0.4 is 0 Å². The fourth-order valence-corrected chi connectivity index (χ4v) is 0.836. The van der Waals surface area contributed by atoms with E-state index in [0.717, 1.165) is 0 Å². The third kappa shape index (κ3) is 1.77. The lowest BCUT2D eigenvalue weighted by atomic mass is 10.1. The number of rotatable bonds is 1. The molecular formula is C9H5ClO2. The standard InChI is InChI=1S/C9H5ClO2/c1-2-7-3-5-8(6-4-7)9(11)12-10/h1,3-6H. The Morgan fingerprint density at radius 2 is 2.00 bits per heavy atom. The van der Waals surface area contributed by atoms with Crippen LogP contribution in [0, 0.1) is 12.3 Å². The summed E-state index contributed by atoms with van der Waals surface area (Å²) in [5, 5.41) is 0. The van der Waals surface area contributed by atoms with Crippen molar-refractivity contribution in [3.8, 4) is 12.3 Å². The molecule has 2 nitrogen and oxygen atoms in total. The average Bonchev–Trinajstić information content (AvgIpc) is 2.17. The molecule has 0 N–H and O–H groups in total. The van der Waals surface area contributed by atoms with E-state index in [4.69, 9.17) is 18.3 Å². The van der Waals surface area contributed by atoms with E-state index in [1.807, 2.05) is 0 Å². The van der Waals surface area contributed by atoms with Crippen molar-refractivity contribution in [2.24, 2.45) is 0 Å². The molecule has 1 aromatic carbocycles. The molecule has 3 heteroatoms. The first kappa shape index (κ1) is 8.63. The van der Waals surface area contributed by atoms with E-state index in [2.05, 4.69) is 10.2 Å². The zero-order chi connectivity index (χ0) is 8.97. The van der Waals surface area contributed by atoms with Crippen LogP contribution in [0.4, 0.5) is 0 Å². The molecule has 0 amide bonds. The molecule has 0 bridgehead atoms. The van der Waals surface area contributed by atoms with Gasteiger partial charge in [-0.15, -0.1) is 6.42 Å². The Morgan fingerprint density at radius 3 is 2.42 bits per heavy atom. The molecule has 12 heavy (non-hydrogen) atoms. The molecule has 1 rings (SSSR count). The fourth-order valence-electron chi connectivity index (χ4n) is 0.747. The highest BCUT2D eigenvalue weighted by atomic mass is 35.5. The SMILES string of the molecule is C#Cc1ccc(C(=O)OCl)cc1. The minimum absolute atomic E-state index is 0.379. The van der Waals surface area contributed by atoms with Crippen LogP contribution in [-0.2, 0) is 4.29 Å². The summed E-state index contributed by atoms with van der Waals surface area (Å²) in [6.45, 7) is 0. The van der Waals surface area contributed by atoms with Gasteiger partial charge in [-0.3, -0.25) is 0 Å². The van der Waals surface area contributed by atoms with E-state index in [1.54, 1.807) is 24.3 Å². The van der Waals surface area contributed by atoms with Gasteiger partial charge in [0.2, 0.25) is 0 Å². The van der Waals surface area contributed by atoms with Crippen molar-refractivity contribution in [1.29, 1.82) is 0 Å². The molecule has 0 heterocycles. The number of benzene rings is 1.